The standard InChI is InChI=1S/C15H24N2O3S/c1-3-20-11-12(2)17-21(18,19)15-7-5-4-6-13(15)10-16-14-8-9-14/h4-7,12,14,16-17H,3,8-11H2,1-2H3. The fourth-order valence-electron chi connectivity index (χ4n) is 2.11. The molecule has 1 aliphatic carbocycles. The number of hydrogen-bond acceptors (Lipinski definition) is 4. The van der Waals surface area contributed by atoms with Crippen LogP contribution in [0.4, 0.5) is 0 Å². The van der Waals surface area contributed by atoms with Gasteiger partial charge in [0.05, 0.1) is 11.5 Å². The van der Waals surface area contributed by atoms with Crippen molar-refractivity contribution in [3.63, 3.8) is 0 Å². The van der Waals surface area contributed by atoms with Crippen molar-refractivity contribution in [3.05, 3.63) is 29.8 Å². The average molecular weight is 312 g/mol. The summed E-state index contributed by atoms with van der Waals surface area (Å²) in [7, 11) is -3.52. The Morgan fingerprint density at radius 3 is 2.71 bits per heavy atom. The Morgan fingerprint density at radius 1 is 1.33 bits per heavy atom. The van der Waals surface area contributed by atoms with Gasteiger partial charge >= 0.3 is 0 Å². The maximum Gasteiger partial charge on any atom is 0.241 e. The van der Waals surface area contributed by atoms with E-state index in [0.717, 1.165) is 5.56 Å². The van der Waals surface area contributed by atoms with Crippen molar-refractivity contribution in [1.29, 1.82) is 0 Å². The van der Waals surface area contributed by atoms with Gasteiger partial charge in [-0.1, -0.05) is 18.2 Å². The molecular formula is C15H24N2O3S. The average Bonchev–Trinajstić information content (AvgIpc) is 3.27. The highest BCUT2D eigenvalue weighted by atomic mass is 32.2. The van der Waals surface area contributed by atoms with Gasteiger partial charge in [-0.05, 0) is 38.3 Å². The van der Waals surface area contributed by atoms with Gasteiger partial charge in [-0.2, -0.15) is 0 Å². The molecular weight excluding hydrogens is 288 g/mol. The van der Waals surface area contributed by atoms with Gasteiger partial charge in [0, 0.05) is 25.2 Å². The molecule has 1 fully saturated rings. The molecule has 1 atom stereocenters. The van der Waals surface area contributed by atoms with Crippen LogP contribution in [0.1, 0.15) is 32.3 Å². The highest BCUT2D eigenvalue weighted by Gasteiger charge is 2.23. The van der Waals surface area contributed by atoms with Gasteiger partial charge in [-0.15, -0.1) is 0 Å². The number of rotatable bonds is 9. The van der Waals surface area contributed by atoms with Gasteiger partial charge in [-0.25, -0.2) is 13.1 Å². The number of hydrogen-bond donors (Lipinski definition) is 2. The van der Waals surface area contributed by atoms with Crippen LogP contribution >= 0.6 is 0 Å². The van der Waals surface area contributed by atoms with E-state index >= 15 is 0 Å². The highest BCUT2D eigenvalue weighted by Crippen LogP contribution is 2.21. The molecule has 1 aromatic carbocycles. The van der Waals surface area contributed by atoms with Gasteiger partial charge in [0.2, 0.25) is 10.0 Å². The predicted molar refractivity (Wildman–Crippen MR) is 82.6 cm³/mol. The van der Waals surface area contributed by atoms with Crippen LogP contribution in [0, 0.1) is 0 Å². The minimum Gasteiger partial charge on any atom is -0.380 e. The van der Waals surface area contributed by atoms with E-state index in [1.807, 2.05) is 19.1 Å². The molecule has 1 unspecified atom stereocenters. The summed E-state index contributed by atoms with van der Waals surface area (Å²) in [6.07, 6.45) is 2.36. The van der Waals surface area contributed by atoms with Crippen molar-refractivity contribution in [2.75, 3.05) is 13.2 Å². The van der Waals surface area contributed by atoms with E-state index in [4.69, 9.17) is 4.74 Å². The van der Waals surface area contributed by atoms with Gasteiger partial charge in [0.25, 0.3) is 0 Å². The normalized spacial score (nSPS) is 16.9. The summed E-state index contributed by atoms with van der Waals surface area (Å²) in [5, 5.41) is 3.36. The lowest BCUT2D eigenvalue weighted by molar-refractivity contribution is 0.133. The van der Waals surface area contributed by atoms with Gasteiger partial charge < -0.3 is 10.1 Å². The largest absolute Gasteiger partial charge is 0.380 e. The first-order valence-corrected chi connectivity index (χ1v) is 8.92. The van der Waals surface area contributed by atoms with Crippen molar-refractivity contribution in [1.82, 2.24) is 10.0 Å². The molecule has 2 N–H and O–H groups in total. The lowest BCUT2D eigenvalue weighted by Crippen LogP contribution is -2.36. The smallest absolute Gasteiger partial charge is 0.241 e. The zero-order valence-corrected chi connectivity index (χ0v) is 13.4. The summed E-state index contributed by atoms with van der Waals surface area (Å²) >= 11 is 0. The second-order valence-electron chi connectivity index (χ2n) is 5.44. The molecule has 1 aromatic rings. The first-order chi connectivity index (χ1) is 10.0. The van der Waals surface area contributed by atoms with E-state index in [2.05, 4.69) is 10.0 Å². The Kier molecular flexibility index (Phi) is 5.75. The maximum absolute atomic E-state index is 12.5. The second kappa shape index (κ2) is 7.35. The van der Waals surface area contributed by atoms with E-state index in [1.165, 1.54) is 12.8 Å². The van der Waals surface area contributed by atoms with E-state index in [0.29, 0.717) is 30.7 Å². The molecule has 0 aliphatic heterocycles. The van der Waals surface area contributed by atoms with Crippen molar-refractivity contribution >= 4 is 10.0 Å². The Hall–Kier alpha value is -0.950. The number of nitrogens with one attached hydrogen (secondary N) is 2. The summed E-state index contributed by atoms with van der Waals surface area (Å²) in [6, 6.07) is 7.43. The number of ether oxygens (including phenoxy) is 1. The molecule has 118 valence electrons. The lowest BCUT2D eigenvalue weighted by atomic mass is 10.2. The van der Waals surface area contributed by atoms with Crippen molar-refractivity contribution in [2.24, 2.45) is 0 Å². The topological polar surface area (TPSA) is 67.4 Å². The molecule has 0 spiro atoms. The molecule has 0 amide bonds. The molecule has 0 bridgehead atoms. The Bertz CT molecular complexity index is 556. The third kappa shape index (κ3) is 5.07. The Balaban J connectivity index is 2.06. The third-order valence-corrected chi connectivity index (χ3v) is 5.04. The van der Waals surface area contributed by atoms with E-state index in [1.54, 1.807) is 19.1 Å². The van der Waals surface area contributed by atoms with Crippen LogP contribution in [0.2, 0.25) is 0 Å². The van der Waals surface area contributed by atoms with E-state index in [9.17, 15) is 8.42 Å². The third-order valence-electron chi connectivity index (χ3n) is 3.35. The molecule has 1 saturated carbocycles. The molecule has 1 aliphatic rings. The summed E-state index contributed by atoms with van der Waals surface area (Å²) < 4.78 is 32.9. The first-order valence-electron chi connectivity index (χ1n) is 7.44. The summed E-state index contributed by atoms with van der Waals surface area (Å²) in [5.41, 5.74) is 0.806. The lowest BCUT2D eigenvalue weighted by Gasteiger charge is -2.16. The fraction of sp³-hybridized carbons (Fsp3) is 0.600. The molecule has 0 aromatic heterocycles. The molecule has 0 radical (unpaired) electrons. The fourth-order valence-corrected chi connectivity index (χ4v) is 3.58. The molecule has 0 heterocycles. The van der Waals surface area contributed by atoms with Crippen molar-refractivity contribution in [2.45, 2.75) is 50.2 Å². The summed E-state index contributed by atoms with van der Waals surface area (Å²) in [5.74, 6) is 0. The molecule has 5 nitrogen and oxygen atoms in total. The summed E-state index contributed by atoms with van der Waals surface area (Å²) in [4.78, 5) is 0.349. The van der Waals surface area contributed by atoms with Crippen LogP contribution < -0.4 is 10.0 Å². The van der Waals surface area contributed by atoms with Crippen LogP contribution in [0.15, 0.2) is 29.2 Å². The van der Waals surface area contributed by atoms with Crippen LogP contribution in [0.3, 0.4) is 0 Å². The SMILES string of the molecule is CCOCC(C)NS(=O)(=O)c1ccccc1CNC1CC1. The van der Waals surface area contributed by atoms with Gasteiger partial charge in [-0.3, -0.25) is 0 Å². The molecule has 6 heteroatoms. The number of sulfonamides is 1. The van der Waals surface area contributed by atoms with Gasteiger partial charge in [0.1, 0.15) is 0 Å². The minimum absolute atomic E-state index is 0.251. The summed E-state index contributed by atoms with van der Waals surface area (Å²) in [6.45, 7) is 5.23. The first kappa shape index (κ1) is 16.4. The molecule has 21 heavy (non-hydrogen) atoms. The Labute approximate surface area is 127 Å². The van der Waals surface area contributed by atoms with Crippen LogP contribution in [-0.2, 0) is 21.3 Å². The van der Waals surface area contributed by atoms with E-state index in [-0.39, 0.29) is 6.04 Å². The molecule has 0 saturated heterocycles. The monoisotopic (exact) mass is 312 g/mol. The van der Waals surface area contributed by atoms with Gasteiger partial charge in [0.15, 0.2) is 0 Å². The second-order valence-corrected chi connectivity index (χ2v) is 7.13. The number of benzene rings is 1. The van der Waals surface area contributed by atoms with Crippen molar-refractivity contribution < 1.29 is 13.2 Å². The van der Waals surface area contributed by atoms with Crippen molar-refractivity contribution in [3.8, 4) is 0 Å². The van der Waals surface area contributed by atoms with E-state index < -0.39 is 10.0 Å². The zero-order chi connectivity index (χ0) is 15.3. The quantitative estimate of drug-likeness (QED) is 0.727. The predicted octanol–water partition coefficient (Wildman–Crippen LogP) is 1.64. The van der Waals surface area contributed by atoms with Crippen LogP contribution in [0.25, 0.3) is 0 Å². The highest BCUT2D eigenvalue weighted by molar-refractivity contribution is 7.89. The molecule has 2 rings (SSSR count). The van der Waals surface area contributed by atoms with Crippen LogP contribution in [0.5, 0.6) is 0 Å². The maximum atomic E-state index is 12.5. The van der Waals surface area contributed by atoms with Crippen LogP contribution in [-0.4, -0.2) is 33.7 Å². The Morgan fingerprint density at radius 2 is 2.05 bits per heavy atom. The zero-order valence-electron chi connectivity index (χ0n) is 12.6. The minimum atomic E-state index is -3.52.